The van der Waals surface area contributed by atoms with Crippen LogP contribution in [-0.4, -0.2) is 26.1 Å². The van der Waals surface area contributed by atoms with Gasteiger partial charge in [-0.3, -0.25) is 4.57 Å². The van der Waals surface area contributed by atoms with Crippen molar-refractivity contribution in [3.8, 4) is 17.6 Å². The van der Waals surface area contributed by atoms with Gasteiger partial charge in [-0.15, -0.1) is 0 Å². The molecule has 0 saturated heterocycles. The van der Waals surface area contributed by atoms with Crippen LogP contribution in [0.5, 0.6) is 5.75 Å². The fourth-order valence-electron chi connectivity index (χ4n) is 3.55. The Hall–Kier alpha value is -3.98. The Kier molecular flexibility index (Phi) is 6.57. The highest BCUT2D eigenvalue weighted by atomic mass is 16.5. The van der Waals surface area contributed by atoms with Crippen molar-refractivity contribution in [2.45, 2.75) is 33.1 Å². The van der Waals surface area contributed by atoms with Crippen molar-refractivity contribution in [3.05, 3.63) is 77.4 Å². The lowest BCUT2D eigenvalue weighted by Crippen LogP contribution is -2.02. The van der Waals surface area contributed by atoms with E-state index in [0.717, 1.165) is 41.7 Å². The van der Waals surface area contributed by atoms with Crippen LogP contribution in [0.1, 0.15) is 48.7 Å². The van der Waals surface area contributed by atoms with Gasteiger partial charge in [0.25, 0.3) is 0 Å². The maximum absolute atomic E-state index is 9.09. The number of imidazole rings is 1. The molecule has 32 heavy (non-hydrogen) atoms. The number of unbranched alkanes of at least 4 members (excludes halogenated alkanes) is 2. The van der Waals surface area contributed by atoms with E-state index < -0.39 is 0 Å². The summed E-state index contributed by atoms with van der Waals surface area (Å²) in [6.07, 6.45) is 10.6. The van der Waals surface area contributed by atoms with Crippen LogP contribution < -0.4 is 4.74 Å². The average Bonchev–Trinajstić information content (AvgIpc) is 3.20. The first-order chi connectivity index (χ1) is 15.7. The highest BCUT2D eigenvalue weighted by Gasteiger charge is 2.13. The molecule has 0 aliphatic carbocycles. The second-order valence-corrected chi connectivity index (χ2v) is 7.55. The normalized spacial score (nSPS) is 11.2. The number of para-hydroxylation sites is 1. The maximum atomic E-state index is 9.09. The highest BCUT2D eigenvalue weighted by molar-refractivity contribution is 5.79. The van der Waals surface area contributed by atoms with Gasteiger partial charge in [-0.05, 0) is 55.3 Å². The second-order valence-electron chi connectivity index (χ2n) is 7.55. The first kappa shape index (κ1) is 21.3. The predicted octanol–water partition coefficient (Wildman–Crippen LogP) is 5.74. The minimum Gasteiger partial charge on any atom is -0.493 e. The Bertz CT molecular complexity index is 1280. The second kappa shape index (κ2) is 9.88. The molecule has 4 aromatic rings. The van der Waals surface area contributed by atoms with Crippen molar-refractivity contribution < 1.29 is 4.74 Å². The van der Waals surface area contributed by atoms with Crippen LogP contribution in [0.3, 0.4) is 0 Å². The summed E-state index contributed by atoms with van der Waals surface area (Å²) >= 11 is 0. The van der Waals surface area contributed by atoms with Gasteiger partial charge in [0.1, 0.15) is 29.0 Å². The number of nitriles is 1. The van der Waals surface area contributed by atoms with Crippen molar-refractivity contribution in [3.63, 3.8) is 0 Å². The van der Waals surface area contributed by atoms with Crippen molar-refractivity contribution >= 4 is 23.3 Å². The molecule has 3 heterocycles. The van der Waals surface area contributed by atoms with Crippen LogP contribution in [0, 0.1) is 18.3 Å². The Labute approximate surface area is 187 Å². The third-order valence-corrected chi connectivity index (χ3v) is 5.20. The minimum atomic E-state index is 0.507. The van der Waals surface area contributed by atoms with E-state index in [-0.39, 0.29) is 0 Å². The molecule has 0 bridgehead atoms. The number of benzene rings is 1. The Morgan fingerprint density at radius 1 is 1.06 bits per heavy atom. The summed E-state index contributed by atoms with van der Waals surface area (Å²) in [7, 11) is 0. The van der Waals surface area contributed by atoms with E-state index in [0.29, 0.717) is 29.5 Å². The van der Waals surface area contributed by atoms with Crippen molar-refractivity contribution in [1.82, 2.24) is 19.5 Å². The lowest BCUT2D eigenvalue weighted by Gasteiger charge is -2.12. The Morgan fingerprint density at radius 2 is 1.97 bits per heavy atom. The number of hydrogen-bond donors (Lipinski definition) is 0. The van der Waals surface area contributed by atoms with E-state index in [9.17, 15) is 0 Å². The molecular formula is C26H25N5O. The maximum Gasteiger partial charge on any atom is 0.166 e. The minimum absolute atomic E-state index is 0.507. The molecule has 3 aromatic heterocycles. The summed E-state index contributed by atoms with van der Waals surface area (Å²) in [6.45, 7) is 4.95. The highest BCUT2D eigenvalue weighted by Crippen LogP contribution is 2.27. The van der Waals surface area contributed by atoms with Gasteiger partial charge in [-0.2, -0.15) is 5.26 Å². The largest absolute Gasteiger partial charge is 0.493 e. The molecule has 0 saturated carbocycles. The van der Waals surface area contributed by atoms with Gasteiger partial charge in [-0.1, -0.05) is 38.0 Å². The van der Waals surface area contributed by atoms with Crippen LogP contribution >= 0.6 is 0 Å². The molecule has 0 aliphatic rings. The molecule has 0 fully saturated rings. The van der Waals surface area contributed by atoms with E-state index in [1.54, 1.807) is 24.5 Å². The van der Waals surface area contributed by atoms with E-state index in [4.69, 9.17) is 15.0 Å². The van der Waals surface area contributed by atoms with E-state index in [1.807, 2.05) is 41.0 Å². The number of aromatic nitrogens is 4. The summed E-state index contributed by atoms with van der Waals surface area (Å²) in [4.78, 5) is 13.7. The zero-order chi connectivity index (χ0) is 22.3. The zero-order valence-electron chi connectivity index (χ0n) is 18.3. The van der Waals surface area contributed by atoms with Crippen molar-refractivity contribution in [2.24, 2.45) is 0 Å². The van der Waals surface area contributed by atoms with Gasteiger partial charge in [0.05, 0.1) is 12.2 Å². The fourth-order valence-corrected chi connectivity index (χ4v) is 3.55. The molecule has 0 N–H and O–H groups in total. The summed E-state index contributed by atoms with van der Waals surface area (Å²) < 4.78 is 8.02. The number of rotatable bonds is 8. The molecule has 0 unspecified atom stereocenters. The van der Waals surface area contributed by atoms with Crippen LogP contribution in [0.15, 0.2) is 54.9 Å². The van der Waals surface area contributed by atoms with Crippen molar-refractivity contribution in [2.75, 3.05) is 6.61 Å². The third kappa shape index (κ3) is 4.52. The SMILES string of the molecule is CCCCCOc1c(C)cccc1C=Cc1nc2cccnc2n1-c1ccc(C#N)cn1. The Balaban J connectivity index is 1.72. The van der Waals surface area contributed by atoms with Gasteiger partial charge in [0, 0.05) is 18.0 Å². The van der Waals surface area contributed by atoms with Gasteiger partial charge in [0.15, 0.2) is 5.65 Å². The first-order valence-electron chi connectivity index (χ1n) is 10.8. The number of nitrogens with zero attached hydrogens (tertiary/aromatic N) is 5. The zero-order valence-corrected chi connectivity index (χ0v) is 18.3. The van der Waals surface area contributed by atoms with Gasteiger partial charge < -0.3 is 4.74 Å². The fraction of sp³-hybridized carbons (Fsp3) is 0.231. The monoisotopic (exact) mass is 423 g/mol. The van der Waals surface area contributed by atoms with Crippen LogP contribution in [-0.2, 0) is 0 Å². The molecular weight excluding hydrogens is 398 g/mol. The molecule has 0 radical (unpaired) electrons. The van der Waals surface area contributed by atoms with Crippen LogP contribution in [0.2, 0.25) is 0 Å². The molecule has 0 atom stereocenters. The van der Waals surface area contributed by atoms with E-state index in [1.165, 1.54) is 0 Å². The molecule has 6 nitrogen and oxygen atoms in total. The van der Waals surface area contributed by atoms with Gasteiger partial charge in [-0.25, -0.2) is 15.0 Å². The molecule has 4 rings (SSSR count). The number of hydrogen-bond acceptors (Lipinski definition) is 5. The smallest absolute Gasteiger partial charge is 0.166 e. The predicted molar refractivity (Wildman–Crippen MR) is 127 cm³/mol. The standard InChI is InChI=1S/C26H25N5O/c1-3-4-5-16-32-25-19(2)8-6-9-21(25)12-14-24-30-22-10-7-15-28-26(22)31(24)23-13-11-20(17-27)18-29-23/h6-15,18H,3-5,16H2,1-2H3. The van der Waals surface area contributed by atoms with Crippen LogP contribution in [0.25, 0.3) is 29.1 Å². The van der Waals surface area contributed by atoms with Gasteiger partial charge in [0.2, 0.25) is 0 Å². The molecule has 6 heteroatoms. The quantitative estimate of drug-likeness (QED) is 0.338. The Morgan fingerprint density at radius 3 is 2.75 bits per heavy atom. The third-order valence-electron chi connectivity index (χ3n) is 5.20. The molecule has 160 valence electrons. The molecule has 0 spiro atoms. The lowest BCUT2D eigenvalue weighted by atomic mass is 10.1. The molecule has 0 amide bonds. The number of aryl methyl sites for hydroxylation is 1. The topological polar surface area (TPSA) is 76.6 Å². The first-order valence-corrected chi connectivity index (χ1v) is 10.8. The number of pyridine rings is 2. The summed E-state index contributed by atoms with van der Waals surface area (Å²) in [5.41, 5.74) is 4.10. The van der Waals surface area contributed by atoms with Crippen molar-refractivity contribution in [1.29, 1.82) is 5.26 Å². The summed E-state index contributed by atoms with van der Waals surface area (Å²) in [5.74, 6) is 2.26. The number of fused-ring (bicyclic) bond motifs is 1. The molecule has 0 aliphatic heterocycles. The summed E-state index contributed by atoms with van der Waals surface area (Å²) in [5, 5.41) is 9.09. The van der Waals surface area contributed by atoms with Crippen LogP contribution in [0.4, 0.5) is 0 Å². The summed E-state index contributed by atoms with van der Waals surface area (Å²) in [6, 6.07) is 15.6. The lowest BCUT2D eigenvalue weighted by molar-refractivity contribution is 0.304. The van der Waals surface area contributed by atoms with E-state index in [2.05, 4.69) is 36.0 Å². The number of ether oxygens (including phenoxy) is 1. The van der Waals surface area contributed by atoms with E-state index >= 15 is 0 Å². The average molecular weight is 424 g/mol. The van der Waals surface area contributed by atoms with Gasteiger partial charge >= 0.3 is 0 Å². The molecule has 1 aromatic carbocycles.